The quantitative estimate of drug-likeness (QED) is 0.192. The second kappa shape index (κ2) is 11.6. The van der Waals surface area contributed by atoms with Gasteiger partial charge in [-0.1, -0.05) is 55.3 Å². The molecule has 0 amide bonds. The van der Waals surface area contributed by atoms with Crippen LogP contribution in [0.25, 0.3) is 16.9 Å². The van der Waals surface area contributed by atoms with Gasteiger partial charge < -0.3 is 0 Å². The Morgan fingerprint density at radius 2 is 1.82 bits per heavy atom. The molecular formula is C28H29BrCl2N4O2S. The van der Waals surface area contributed by atoms with E-state index in [0.29, 0.717) is 40.7 Å². The first kappa shape index (κ1) is 27.6. The molecule has 0 N–H and O–H groups in total. The molecule has 1 aliphatic heterocycles. The third kappa shape index (κ3) is 5.52. The Morgan fingerprint density at radius 3 is 2.47 bits per heavy atom. The summed E-state index contributed by atoms with van der Waals surface area (Å²) in [6.07, 6.45) is 5.23. The smallest absolute Gasteiger partial charge is 0.227 e. The van der Waals surface area contributed by atoms with E-state index in [-0.39, 0.29) is 0 Å². The molecule has 1 aliphatic rings. The van der Waals surface area contributed by atoms with Crippen LogP contribution in [0.4, 0.5) is 0 Å². The summed E-state index contributed by atoms with van der Waals surface area (Å²) in [5.74, 6) is 1.16. The SMILES string of the molecule is CCC(Cc1cc(-c2ccccc2Cl)nc2c(Br)cnn12)C1CCN(S(=O)(=O)c2ccc(CCl)cc2)CC1. The third-order valence-electron chi connectivity index (χ3n) is 7.53. The van der Waals surface area contributed by atoms with Crippen LogP contribution >= 0.6 is 39.1 Å². The Morgan fingerprint density at radius 1 is 1.11 bits per heavy atom. The summed E-state index contributed by atoms with van der Waals surface area (Å²) in [6, 6.07) is 16.7. The largest absolute Gasteiger partial charge is 0.243 e. The lowest BCUT2D eigenvalue weighted by Crippen LogP contribution is -2.40. The van der Waals surface area contributed by atoms with Gasteiger partial charge in [0.2, 0.25) is 10.0 Å². The zero-order valence-corrected chi connectivity index (χ0v) is 24.9. The number of rotatable bonds is 8. The fourth-order valence-corrected chi connectivity index (χ4v) is 7.58. The minimum atomic E-state index is -3.52. The van der Waals surface area contributed by atoms with Gasteiger partial charge in [-0.25, -0.2) is 17.9 Å². The van der Waals surface area contributed by atoms with Gasteiger partial charge in [0, 0.05) is 35.2 Å². The Balaban J connectivity index is 1.35. The van der Waals surface area contributed by atoms with Crippen LogP contribution < -0.4 is 0 Å². The van der Waals surface area contributed by atoms with Crippen LogP contribution in [-0.2, 0) is 22.3 Å². The van der Waals surface area contributed by atoms with Crippen molar-refractivity contribution in [1.82, 2.24) is 18.9 Å². The molecular weight excluding hydrogens is 607 g/mol. The van der Waals surface area contributed by atoms with Gasteiger partial charge in [0.15, 0.2) is 5.65 Å². The number of hydrogen-bond donors (Lipinski definition) is 0. The average Bonchev–Trinajstić information content (AvgIpc) is 3.32. The van der Waals surface area contributed by atoms with Crippen LogP contribution in [0, 0.1) is 11.8 Å². The molecule has 0 bridgehead atoms. The summed E-state index contributed by atoms with van der Waals surface area (Å²) in [5.41, 5.74) is 4.43. The van der Waals surface area contributed by atoms with Crippen LogP contribution in [-0.4, -0.2) is 40.4 Å². The fraction of sp³-hybridized carbons (Fsp3) is 0.357. The van der Waals surface area contributed by atoms with Crippen molar-refractivity contribution >= 4 is 54.8 Å². The number of aromatic nitrogens is 3. The van der Waals surface area contributed by atoms with Crippen LogP contribution in [0.1, 0.15) is 37.4 Å². The van der Waals surface area contributed by atoms with E-state index in [1.54, 1.807) is 34.8 Å². The van der Waals surface area contributed by atoms with E-state index in [4.69, 9.17) is 28.2 Å². The highest BCUT2D eigenvalue weighted by molar-refractivity contribution is 9.10. The molecule has 38 heavy (non-hydrogen) atoms. The monoisotopic (exact) mass is 634 g/mol. The molecule has 2 aromatic carbocycles. The Bertz CT molecular complexity index is 1530. The summed E-state index contributed by atoms with van der Waals surface area (Å²) in [7, 11) is -3.52. The maximum Gasteiger partial charge on any atom is 0.243 e. The maximum absolute atomic E-state index is 13.2. The lowest BCUT2D eigenvalue weighted by molar-refractivity contribution is 0.200. The minimum absolute atomic E-state index is 0.326. The van der Waals surface area contributed by atoms with Crippen molar-refractivity contribution in [3.8, 4) is 11.3 Å². The predicted octanol–water partition coefficient (Wildman–Crippen LogP) is 7.22. The number of piperidine rings is 1. The maximum atomic E-state index is 13.2. The number of hydrogen-bond acceptors (Lipinski definition) is 4. The van der Waals surface area contributed by atoms with E-state index >= 15 is 0 Å². The van der Waals surface area contributed by atoms with Crippen LogP contribution in [0.3, 0.4) is 0 Å². The molecule has 5 rings (SSSR count). The van der Waals surface area contributed by atoms with Crippen molar-refractivity contribution in [2.24, 2.45) is 11.8 Å². The number of nitrogens with zero attached hydrogens (tertiary/aromatic N) is 4. The number of halogens is 3. The van der Waals surface area contributed by atoms with Gasteiger partial charge in [-0.2, -0.15) is 9.40 Å². The zero-order chi connectivity index (χ0) is 26.9. The summed E-state index contributed by atoms with van der Waals surface area (Å²) in [5, 5.41) is 5.23. The van der Waals surface area contributed by atoms with E-state index in [9.17, 15) is 8.42 Å². The number of alkyl halides is 1. The first-order valence-electron chi connectivity index (χ1n) is 12.7. The molecule has 2 aromatic heterocycles. The first-order valence-corrected chi connectivity index (χ1v) is 15.9. The lowest BCUT2D eigenvalue weighted by Gasteiger charge is -2.35. The highest BCUT2D eigenvalue weighted by atomic mass is 79.9. The summed E-state index contributed by atoms with van der Waals surface area (Å²) < 4.78 is 30.8. The molecule has 0 aliphatic carbocycles. The highest BCUT2D eigenvalue weighted by Crippen LogP contribution is 2.34. The van der Waals surface area contributed by atoms with Crippen molar-refractivity contribution in [2.75, 3.05) is 13.1 Å². The second-order valence-electron chi connectivity index (χ2n) is 9.73. The highest BCUT2D eigenvalue weighted by Gasteiger charge is 2.32. The number of sulfonamides is 1. The van der Waals surface area contributed by atoms with Crippen LogP contribution in [0.2, 0.25) is 5.02 Å². The Kier molecular flexibility index (Phi) is 8.45. The lowest BCUT2D eigenvalue weighted by atomic mass is 9.80. The van der Waals surface area contributed by atoms with E-state index in [1.807, 2.05) is 28.8 Å². The van der Waals surface area contributed by atoms with Crippen LogP contribution in [0.5, 0.6) is 0 Å². The van der Waals surface area contributed by atoms with E-state index in [0.717, 1.165) is 58.3 Å². The van der Waals surface area contributed by atoms with E-state index in [1.165, 1.54) is 0 Å². The molecule has 0 saturated carbocycles. The average molecular weight is 636 g/mol. The molecule has 10 heteroatoms. The molecule has 4 aromatic rings. The first-order chi connectivity index (χ1) is 18.3. The van der Waals surface area contributed by atoms with Crippen molar-refractivity contribution in [3.63, 3.8) is 0 Å². The normalized spacial score (nSPS) is 16.2. The molecule has 1 saturated heterocycles. The van der Waals surface area contributed by atoms with Crippen molar-refractivity contribution < 1.29 is 8.42 Å². The summed E-state index contributed by atoms with van der Waals surface area (Å²) in [4.78, 5) is 5.16. The standard InChI is InChI=1S/C28H29BrCl2N4O2S/c1-2-20(21-11-13-34(14-12-21)38(36,37)23-9-7-19(17-30)8-10-23)15-22-16-27(24-5-3-4-6-26(24)31)33-28-25(29)18-32-35(22)28/h3-10,16,18,20-21H,2,11-15,17H2,1H3. The Labute approximate surface area is 242 Å². The number of fused-ring (bicyclic) bond motifs is 1. The van der Waals surface area contributed by atoms with Gasteiger partial charge in [0.1, 0.15) is 0 Å². The zero-order valence-electron chi connectivity index (χ0n) is 21.0. The predicted molar refractivity (Wildman–Crippen MR) is 156 cm³/mol. The van der Waals surface area contributed by atoms with Gasteiger partial charge in [-0.15, -0.1) is 11.6 Å². The van der Waals surface area contributed by atoms with Crippen LogP contribution in [0.15, 0.2) is 70.2 Å². The molecule has 0 radical (unpaired) electrons. The van der Waals surface area contributed by atoms with E-state index in [2.05, 4.69) is 34.0 Å². The molecule has 6 nitrogen and oxygen atoms in total. The number of benzene rings is 2. The molecule has 1 unspecified atom stereocenters. The van der Waals surface area contributed by atoms with Gasteiger partial charge in [-0.3, -0.25) is 0 Å². The molecule has 3 heterocycles. The molecule has 0 spiro atoms. The fourth-order valence-electron chi connectivity index (χ4n) is 5.35. The minimum Gasteiger partial charge on any atom is -0.227 e. The summed E-state index contributed by atoms with van der Waals surface area (Å²) in [6.45, 7) is 3.24. The van der Waals surface area contributed by atoms with Crippen molar-refractivity contribution in [2.45, 2.75) is 43.4 Å². The van der Waals surface area contributed by atoms with Gasteiger partial charge >= 0.3 is 0 Å². The molecule has 200 valence electrons. The Hall–Kier alpha value is -1.97. The van der Waals surface area contributed by atoms with Crippen molar-refractivity contribution in [1.29, 1.82) is 0 Å². The molecule has 1 fully saturated rings. The topological polar surface area (TPSA) is 67.6 Å². The molecule has 1 atom stereocenters. The third-order valence-corrected chi connectivity index (χ3v) is 10.6. The van der Waals surface area contributed by atoms with Gasteiger partial charge in [0.25, 0.3) is 0 Å². The van der Waals surface area contributed by atoms with Gasteiger partial charge in [0.05, 0.1) is 21.3 Å². The summed E-state index contributed by atoms with van der Waals surface area (Å²) >= 11 is 16.0. The van der Waals surface area contributed by atoms with E-state index < -0.39 is 10.0 Å². The van der Waals surface area contributed by atoms with Crippen molar-refractivity contribution in [3.05, 3.63) is 81.5 Å². The second-order valence-corrected chi connectivity index (χ2v) is 13.2. The van der Waals surface area contributed by atoms with Gasteiger partial charge in [-0.05, 0) is 76.9 Å².